The highest BCUT2D eigenvalue weighted by Gasteiger charge is 2.12. The molecule has 114 valence electrons. The van der Waals surface area contributed by atoms with Crippen molar-refractivity contribution in [3.8, 4) is 11.5 Å². The highest BCUT2D eigenvalue weighted by Crippen LogP contribution is 2.35. The molecule has 0 aliphatic heterocycles. The second-order valence-corrected chi connectivity index (χ2v) is 6.07. The van der Waals surface area contributed by atoms with Crippen molar-refractivity contribution in [1.82, 2.24) is 9.97 Å². The van der Waals surface area contributed by atoms with Gasteiger partial charge in [-0.1, -0.05) is 11.8 Å². The summed E-state index contributed by atoms with van der Waals surface area (Å²) in [7, 11) is 3.28. The van der Waals surface area contributed by atoms with Crippen molar-refractivity contribution in [1.29, 1.82) is 0 Å². The van der Waals surface area contributed by atoms with E-state index in [0.29, 0.717) is 0 Å². The average molecular weight is 333 g/mol. The number of ether oxygens (including phenoxy) is 2. The Morgan fingerprint density at radius 3 is 2.73 bits per heavy atom. The Balaban J connectivity index is 2.07. The Morgan fingerprint density at radius 1 is 1.14 bits per heavy atom. The van der Waals surface area contributed by atoms with E-state index < -0.39 is 0 Å². The first-order chi connectivity index (χ1) is 10.7. The van der Waals surface area contributed by atoms with Crippen molar-refractivity contribution in [2.45, 2.75) is 5.16 Å². The maximum atomic E-state index is 5.40. The van der Waals surface area contributed by atoms with Crippen LogP contribution in [0, 0.1) is 0 Å². The van der Waals surface area contributed by atoms with Crippen molar-refractivity contribution in [2.24, 2.45) is 0 Å². The minimum absolute atomic E-state index is 0.731. The van der Waals surface area contributed by atoms with Gasteiger partial charge in [-0.2, -0.15) is 0 Å². The largest absolute Gasteiger partial charge is 0.497 e. The van der Waals surface area contributed by atoms with Gasteiger partial charge in [-0.25, -0.2) is 9.97 Å². The third-order valence-electron chi connectivity index (χ3n) is 3.13. The Labute approximate surface area is 136 Å². The van der Waals surface area contributed by atoms with Gasteiger partial charge in [0.2, 0.25) is 0 Å². The number of aromatic nitrogens is 2. The van der Waals surface area contributed by atoms with Crippen LogP contribution in [0.2, 0.25) is 0 Å². The number of benzene rings is 1. The normalized spacial score (nSPS) is 10.7. The number of hydrogen-bond acceptors (Lipinski definition) is 7. The number of nitrogens with one attached hydrogen (secondary N) is 1. The molecule has 5 nitrogen and oxygen atoms in total. The molecule has 1 aromatic carbocycles. The molecule has 0 aliphatic rings. The lowest BCUT2D eigenvalue weighted by atomic mass is 10.2. The molecule has 0 radical (unpaired) electrons. The highest BCUT2D eigenvalue weighted by molar-refractivity contribution is 7.98. The van der Waals surface area contributed by atoms with Crippen LogP contribution in [0.5, 0.6) is 11.5 Å². The minimum atomic E-state index is 0.731. The monoisotopic (exact) mass is 333 g/mol. The topological polar surface area (TPSA) is 56.3 Å². The first-order valence-corrected chi connectivity index (χ1v) is 8.64. The summed E-state index contributed by atoms with van der Waals surface area (Å²) in [5.74, 6) is 2.26. The van der Waals surface area contributed by atoms with Gasteiger partial charge >= 0.3 is 0 Å². The van der Waals surface area contributed by atoms with Crippen molar-refractivity contribution in [2.75, 3.05) is 25.8 Å². The van der Waals surface area contributed by atoms with Crippen molar-refractivity contribution < 1.29 is 9.47 Å². The van der Waals surface area contributed by atoms with Crippen LogP contribution in [0.25, 0.3) is 10.2 Å². The second kappa shape index (κ2) is 6.41. The molecule has 3 aromatic rings. The highest BCUT2D eigenvalue weighted by atomic mass is 32.2. The van der Waals surface area contributed by atoms with Crippen LogP contribution in [0.4, 0.5) is 11.5 Å². The summed E-state index contributed by atoms with van der Waals surface area (Å²) < 4.78 is 11.7. The van der Waals surface area contributed by atoms with Crippen molar-refractivity contribution in [3.63, 3.8) is 0 Å². The molecule has 0 saturated carbocycles. The number of thioether (sulfide) groups is 1. The molecular weight excluding hydrogens is 318 g/mol. The van der Waals surface area contributed by atoms with Crippen molar-refractivity contribution >= 4 is 44.8 Å². The quantitative estimate of drug-likeness (QED) is 0.558. The zero-order chi connectivity index (χ0) is 15.5. The molecule has 0 bridgehead atoms. The van der Waals surface area contributed by atoms with E-state index in [1.807, 2.05) is 35.9 Å². The maximum Gasteiger partial charge on any atom is 0.189 e. The van der Waals surface area contributed by atoms with E-state index in [0.717, 1.165) is 38.4 Å². The molecule has 0 saturated heterocycles. The summed E-state index contributed by atoms with van der Waals surface area (Å²) in [4.78, 5) is 9.07. The SMILES string of the molecule is COc1ccc(OC)c(Nc2nc(SC)nc3ccsc23)c1. The van der Waals surface area contributed by atoms with Gasteiger partial charge in [0, 0.05) is 6.07 Å². The number of rotatable bonds is 5. The summed E-state index contributed by atoms with van der Waals surface area (Å²) in [6.45, 7) is 0. The van der Waals surface area contributed by atoms with E-state index in [2.05, 4.69) is 15.3 Å². The lowest BCUT2D eigenvalue weighted by molar-refractivity contribution is 0.405. The lowest BCUT2D eigenvalue weighted by Crippen LogP contribution is -1.99. The second-order valence-electron chi connectivity index (χ2n) is 4.39. The predicted molar refractivity (Wildman–Crippen MR) is 92.0 cm³/mol. The van der Waals surface area contributed by atoms with Crippen LogP contribution in [0.3, 0.4) is 0 Å². The average Bonchev–Trinajstić information content (AvgIpc) is 3.03. The summed E-state index contributed by atoms with van der Waals surface area (Å²) >= 11 is 3.12. The van der Waals surface area contributed by atoms with Gasteiger partial charge in [-0.15, -0.1) is 11.3 Å². The predicted octanol–water partition coefficient (Wildman–Crippen LogP) is 4.17. The number of anilines is 2. The minimum Gasteiger partial charge on any atom is -0.497 e. The summed E-state index contributed by atoms with van der Waals surface area (Å²) in [6.07, 6.45) is 1.96. The van der Waals surface area contributed by atoms with E-state index in [1.54, 1.807) is 25.6 Å². The summed E-state index contributed by atoms with van der Waals surface area (Å²) in [6, 6.07) is 7.61. The number of methoxy groups -OCH3 is 2. The molecule has 0 amide bonds. The molecule has 3 rings (SSSR count). The zero-order valence-corrected chi connectivity index (χ0v) is 14.0. The first kappa shape index (κ1) is 14.9. The Bertz CT molecular complexity index is 805. The Morgan fingerprint density at radius 2 is 2.00 bits per heavy atom. The molecule has 7 heteroatoms. The van der Waals surface area contributed by atoms with E-state index in [9.17, 15) is 0 Å². The van der Waals surface area contributed by atoms with Crippen LogP contribution in [-0.2, 0) is 0 Å². The number of thiophene rings is 1. The van der Waals surface area contributed by atoms with Crippen LogP contribution in [0.15, 0.2) is 34.8 Å². The van der Waals surface area contributed by atoms with E-state index in [-0.39, 0.29) is 0 Å². The molecule has 0 unspecified atom stereocenters. The maximum absolute atomic E-state index is 5.40. The molecule has 1 N–H and O–H groups in total. The van der Waals surface area contributed by atoms with Crippen LogP contribution in [-0.4, -0.2) is 30.4 Å². The summed E-state index contributed by atoms with van der Waals surface area (Å²) in [5.41, 5.74) is 1.75. The van der Waals surface area contributed by atoms with Gasteiger partial charge in [0.05, 0.1) is 30.1 Å². The summed E-state index contributed by atoms with van der Waals surface area (Å²) in [5, 5.41) is 6.09. The third kappa shape index (κ3) is 2.82. The zero-order valence-electron chi connectivity index (χ0n) is 12.4. The van der Waals surface area contributed by atoms with Crippen molar-refractivity contribution in [3.05, 3.63) is 29.6 Å². The molecule has 0 atom stereocenters. The molecule has 2 heterocycles. The van der Waals surface area contributed by atoms with Crippen LogP contribution >= 0.6 is 23.1 Å². The third-order valence-corrected chi connectivity index (χ3v) is 4.58. The molecule has 0 spiro atoms. The molecular formula is C15H15N3O2S2. The number of fused-ring (bicyclic) bond motifs is 1. The van der Waals surface area contributed by atoms with Gasteiger partial charge in [0.15, 0.2) is 11.0 Å². The fourth-order valence-electron chi connectivity index (χ4n) is 2.06. The molecule has 2 aromatic heterocycles. The van der Waals surface area contributed by atoms with E-state index >= 15 is 0 Å². The molecule has 22 heavy (non-hydrogen) atoms. The lowest BCUT2D eigenvalue weighted by Gasteiger charge is -2.13. The standard InChI is InChI=1S/C15H15N3O2S2/c1-19-9-4-5-12(20-2)11(8-9)16-14-13-10(6-7-22-13)17-15(18-14)21-3/h4-8H,1-3H3,(H,16,17,18). The Hall–Kier alpha value is -1.99. The van der Waals surface area contributed by atoms with Gasteiger partial charge < -0.3 is 14.8 Å². The smallest absolute Gasteiger partial charge is 0.189 e. The molecule has 0 aliphatic carbocycles. The Kier molecular flexibility index (Phi) is 4.35. The van der Waals surface area contributed by atoms with E-state index in [4.69, 9.17) is 9.47 Å². The van der Waals surface area contributed by atoms with Crippen LogP contribution in [0.1, 0.15) is 0 Å². The number of hydrogen-bond donors (Lipinski definition) is 1. The fraction of sp³-hybridized carbons (Fsp3) is 0.200. The van der Waals surface area contributed by atoms with E-state index in [1.165, 1.54) is 11.8 Å². The van der Waals surface area contributed by atoms with Gasteiger partial charge in [-0.05, 0) is 29.8 Å². The van der Waals surface area contributed by atoms with Crippen LogP contribution < -0.4 is 14.8 Å². The van der Waals surface area contributed by atoms with Gasteiger partial charge in [0.25, 0.3) is 0 Å². The first-order valence-electron chi connectivity index (χ1n) is 6.53. The van der Waals surface area contributed by atoms with Gasteiger partial charge in [-0.3, -0.25) is 0 Å². The molecule has 0 fully saturated rings. The van der Waals surface area contributed by atoms with Gasteiger partial charge in [0.1, 0.15) is 11.5 Å². The number of nitrogens with zero attached hydrogens (tertiary/aromatic N) is 2. The fourth-order valence-corrected chi connectivity index (χ4v) is 3.21.